The molecule has 0 spiro atoms. The van der Waals surface area contributed by atoms with Crippen LogP contribution in [0, 0.1) is 6.92 Å². The second-order valence-electron chi connectivity index (χ2n) is 7.46. The summed E-state index contributed by atoms with van der Waals surface area (Å²) in [6.45, 7) is 3.16. The molecule has 2 aromatic rings. The number of hydrogen-bond acceptors (Lipinski definition) is 7. The van der Waals surface area contributed by atoms with Crippen LogP contribution < -0.4 is 10.4 Å². The van der Waals surface area contributed by atoms with Crippen molar-refractivity contribution in [3.05, 3.63) is 57.3 Å². The number of aryl methyl sites for hydroxylation is 1. The Morgan fingerprint density at radius 3 is 2.80 bits per heavy atom. The van der Waals surface area contributed by atoms with E-state index in [1.807, 2.05) is 25.1 Å². The summed E-state index contributed by atoms with van der Waals surface area (Å²) in [5, 5.41) is 21.4. The van der Waals surface area contributed by atoms with Gasteiger partial charge in [-0.3, -0.25) is 24.3 Å². The number of carboxylic acids is 1. The maximum atomic E-state index is 13.1. The zero-order chi connectivity index (χ0) is 21.4. The number of carbonyl (C=O) groups is 2. The lowest BCUT2D eigenvalue weighted by atomic mass is 10.1. The third kappa shape index (κ3) is 3.61. The molecule has 0 aromatic carbocycles. The van der Waals surface area contributed by atoms with Gasteiger partial charge in [0.2, 0.25) is 5.43 Å². The van der Waals surface area contributed by atoms with Crippen LogP contribution >= 0.6 is 0 Å². The predicted octanol–water partition coefficient (Wildman–Crippen LogP) is 0.686. The number of carboxylic acid groups (broad SMARTS) is 1. The van der Waals surface area contributed by atoms with E-state index in [4.69, 9.17) is 4.74 Å². The van der Waals surface area contributed by atoms with Gasteiger partial charge in [-0.05, 0) is 31.9 Å². The van der Waals surface area contributed by atoms with Crippen LogP contribution in [0.25, 0.3) is 0 Å². The molecular formula is C20H22N4O6. The molecule has 2 aliphatic heterocycles. The standard InChI is InChI=1S/C20H22N4O6/c1-12-4-2-5-13(21-12)8-23-11-22(9-14-6-3-7-30-14)19(27)16-18(26)17(25)15(20(28)29)10-24(16)23/h2,4-5,10,14,26H,3,6-9,11H2,1H3,(H,28,29)/t14-/m0/s1. The largest absolute Gasteiger partial charge is 0.502 e. The van der Waals surface area contributed by atoms with E-state index in [2.05, 4.69) is 4.98 Å². The molecule has 0 radical (unpaired) electrons. The van der Waals surface area contributed by atoms with E-state index in [1.54, 1.807) is 5.01 Å². The van der Waals surface area contributed by atoms with E-state index in [1.165, 1.54) is 9.58 Å². The summed E-state index contributed by atoms with van der Waals surface area (Å²) < 4.78 is 6.88. The number of ether oxygens (including phenoxy) is 1. The normalized spacial score (nSPS) is 18.6. The molecule has 158 valence electrons. The Kier molecular flexibility index (Phi) is 5.17. The van der Waals surface area contributed by atoms with Gasteiger partial charge >= 0.3 is 5.97 Å². The molecule has 0 aliphatic carbocycles. The van der Waals surface area contributed by atoms with Crippen LogP contribution in [0.5, 0.6) is 5.75 Å². The second kappa shape index (κ2) is 7.79. The maximum Gasteiger partial charge on any atom is 0.341 e. The summed E-state index contributed by atoms with van der Waals surface area (Å²) in [7, 11) is 0. The highest BCUT2D eigenvalue weighted by Gasteiger charge is 2.36. The molecule has 0 saturated carbocycles. The maximum absolute atomic E-state index is 13.1. The fraction of sp³-hybridized carbons (Fsp3) is 0.400. The van der Waals surface area contributed by atoms with Crippen LogP contribution in [-0.4, -0.2) is 62.6 Å². The van der Waals surface area contributed by atoms with Gasteiger partial charge in [-0.15, -0.1) is 0 Å². The number of carbonyl (C=O) groups excluding carboxylic acids is 1. The lowest BCUT2D eigenvalue weighted by molar-refractivity contribution is 0.0453. The molecule has 0 unspecified atom stereocenters. The summed E-state index contributed by atoms with van der Waals surface area (Å²) in [6.07, 6.45) is 2.69. The van der Waals surface area contributed by atoms with Crippen molar-refractivity contribution in [3.8, 4) is 5.75 Å². The molecule has 30 heavy (non-hydrogen) atoms. The summed E-state index contributed by atoms with van der Waals surface area (Å²) in [5.74, 6) is -2.90. The molecule has 2 aliphatic rings. The van der Waals surface area contributed by atoms with E-state index in [9.17, 15) is 24.6 Å². The highest BCUT2D eigenvalue weighted by molar-refractivity contribution is 5.97. The number of rotatable bonds is 5. The number of pyridine rings is 2. The van der Waals surface area contributed by atoms with Crippen molar-refractivity contribution in [2.24, 2.45) is 0 Å². The zero-order valence-corrected chi connectivity index (χ0v) is 16.4. The number of nitrogens with zero attached hydrogens (tertiary/aromatic N) is 4. The lowest BCUT2D eigenvalue weighted by Crippen LogP contribution is -2.55. The first-order valence-electron chi connectivity index (χ1n) is 9.65. The number of aromatic carboxylic acids is 1. The minimum Gasteiger partial charge on any atom is -0.502 e. The molecule has 1 fully saturated rings. The van der Waals surface area contributed by atoms with Gasteiger partial charge in [0.15, 0.2) is 11.4 Å². The van der Waals surface area contributed by atoms with Gasteiger partial charge in [-0.2, -0.15) is 0 Å². The highest BCUT2D eigenvalue weighted by Crippen LogP contribution is 2.24. The smallest absolute Gasteiger partial charge is 0.341 e. The van der Waals surface area contributed by atoms with E-state index in [0.29, 0.717) is 18.8 Å². The summed E-state index contributed by atoms with van der Waals surface area (Å²) >= 11 is 0. The number of amides is 1. The van der Waals surface area contributed by atoms with Crippen LogP contribution in [0.2, 0.25) is 0 Å². The Bertz CT molecular complexity index is 1060. The Labute approximate surface area is 171 Å². The first-order valence-corrected chi connectivity index (χ1v) is 9.65. The molecule has 0 bridgehead atoms. The van der Waals surface area contributed by atoms with Gasteiger partial charge in [-0.1, -0.05) is 6.07 Å². The number of fused-ring (bicyclic) bond motifs is 1. The molecule has 2 aromatic heterocycles. The van der Waals surface area contributed by atoms with Crippen LogP contribution in [0.1, 0.15) is 45.1 Å². The summed E-state index contributed by atoms with van der Waals surface area (Å²) in [5.41, 5.74) is -0.455. The molecule has 4 heterocycles. The fourth-order valence-corrected chi connectivity index (χ4v) is 3.82. The molecule has 1 amide bonds. The molecule has 1 saturated heterocycles. The Morgan fingerprint density at radius 2 is 2.13 bits per heavy atom. The van der Waals surface area contributed by atoms with Gasteiger partial charge in [0.25, 0.3) is 5.91 Å². The van der Waals surface area contributed by atoms with Gasteiger partial charge < -0.3 is 19.8 Å². The SMILES string of the molecule is Cc1cccc(CN2CN(C[C@@H]3CCCO3)C(=O)c3c(O)c(=O)c(C(=O)O)cn32)n1. The molecule has 1 atom stereocenters. The fourth-order valence-electron chi connectivity index (χ4n) is 3.82. The number of hydrogen-bond donors (Lipinski definition) is 2. The van der Waals surface area contributed by atoms with E-state index in [-0.39, 0.29) is 25.0 Å². The quantitative estimate of drug-likeness (QED) is 0.732. The van der Waals surface area contributed by atoms with Crippen LogP contribution in [-0.2, 0) is 11.3 Å². The molecule has 2 N–H and O–H groups in total. The molecule has 10 heteroatoms. The zero-order valence-electron chi connectivity index (χ0n) is 16.4. The second-order valence-corrected chi connectivity index (χ2v) is 7.46. The summed E-state index contributed by atoms with van der Waals surface area (Å²) in [4.78, 5) is 42.8. The van der Waals surface area contributed by atoms with E-state index >= 15 is 0 Å². The van der Waals surface area contributed by atoms with Crippen LogP contribution in [0.15, 0.2) is 29.2 Å². The third-order valence-electron chi connectivity index (χ3n) is 5.26. The number of aromatic hydroxyl groups is 1. The van der Waals surface area contributed by atoms with Crippen molar-refractivity contribution in [1.82, 2.24) is 14.6 Å². The predicted molar refractivity (Wildman–Crippen MR) is 105 cm³/mol. The Hall–Kier alpha value is -3.40. The van der Waals surface area contributed by atoms with Crippen LogP contribution in [0.4, 0.5) is 0 Å². The van der Waals surface area contributed by atoms with Gasteiger partial charge in [0.1, 0.15) is 12.2 Å². The Morgan fingerprint density at radius 1 is 1.33 bits per heavy atom. The van der Waals surface area contributed by atoms with Crippen molar-refractivity contribution in [1.29, 1.82) is 0 Å². The minimum absolute atomic E-state index is 0.119. The van der Waals surface area contributed by atoms with E-state index in [0.717, 1.165) is 24.7 Å². The minimum atomic E-state index is -1.48. The van der Waals surface area contributed by atoms with Crippen molar-refractivity contribution in [3.63, 3.8) is 0 Å². The topological polar surface area (TPSA) is 125 Å². The third-order valence-corrected chi connectivity index (χ3v) is 5.26. The van der Waals surface area contributed by atoms with Gasteiger partial charge in [0, 0.05) is 25.0 Å². The first-order chi connectivity index (χ1) is 14.3. The lowest BCUT2D eigenvalue weighted by Gasteiger charge is -2.40. The van der Waals surface area contributed by atoms with Crippen LogP contribution in [0.3, 0.4) is 0 Å². The monoisotopic (exact) mass is 414 g/mol. The number of aromatic nitrogens is 2. The van der Waals surface area contributed by atoms with Crippen molar-refractivity contribution in [2.45, 2.75) is 32.4 Å². The summed E-state index contributed by atoms with van der Waals surface area (Å²) in [6, 6.07) is 5.52. The van der Waals surface area contributed by atoms with Crippen molar-refractivity contribution in [2.75, 3.05) is 24.8 Å². The van der Waals surface area contributed by atoms with Crippen molar-refractivity contribution >= 4 is 11.9 Å². The Balaban J connectivity index is 1.78. The molecule has 4 rings (SSSR count). The first kappa shape index (κ1) is 19.9. The van der Waals surface area contributed by atoms with Gasteiger partial charge in [-0.25, -0.2) is 4.79 Å². The average Bonchev–Trinajstić information content (AvgIpc) is 3.20. The highest BCUT2D eigenvalue weighted by atomic mass is 16.5. The van der Waals surface area contributed by atoms with E-state index < -0.39 is 28.6 Å². The van der Waals surface area contributed by atoms with Gasteiger partial charge in [0.05, 0.1) is 18.3 Å². The van der Waals surface area contributed by atoms with Crippen molar-refractivity contribution < 1.29 is 24.5 Å². The average molecular weight is 414 g/mol. The molecule has 10 nitrogen and oxygen atoms in total. The molecular weight excluding hydrogens is 392 g/mol.